The van der Waals surface area contributed by atoms with E-state index in [2.05, 4.69) is 0 Å². The van der Waals surface area contributed by atoms with Crippen molar-refractivity contribution in [1.82, 2.24) is 0 Å². The highest BCUT2D eigenvalue weighted by atomic mass is 16.5. The zero-order valence-electron chi connectivity index (χ0n) is 10.7. The number of carbonyl (C=O) groups is 1. The monoisotopic (exact) mass is 270 g/mol. The second kappa shape index (κ2) is 4.89. The Morgan fingerprint density at radius 1 is 1.20 bits per heavy atom. The van der Waals surface area contributed by atoms with Gasteiger partial charge in [-0.1, -0.05) is 30.3 Å². The number of hydrogen-bond acceptors (Lipinski definition) is 3. The molecule has 20 heavy (non-hydrogen) atoms. The zero-order chi connectivity index (χ0) is 14.1. The van der Waals surface area contributed by atoms with Crippen molar-refractivity contribution in [1.29, 1.82) is 0 Å². The second-order valence-electron chi connectivity index (χ2n) is 4.81. The van der Waals surface area contributed by atoms with Gasteiger partial charge in [0.2, 0.25) is 0 Å². The van der Waals surface area contributed by atoms with Crippen molar-refractivity contribution in [3.8, 4) is 11.5 Å². The summed E-state index contributed by atoms with van der Waals surface area (Å²) < 4.78 is 5.54. The standard InChI is InChI=1S/C16H14O4/c17-14-9-15-12(8-13(14)16(18)19)11(6-7-20-15)10-4-2-1-3-5-10/h1-5,8-9,11,17H,6-7H2,(H,18,19). The lowest BCUT2D eigenvalue weighted by atomic mass is 9.86. The lowest BCUT2D eigenvalue weighted by molar-refractivity contribution is 0.0693. The normalized spacial score (nSPS) is 17.1. The summed E-state index contributed by atoms with van der Waals surface area (Å²) in [5, 5.41) is 18.9. The van der Waals surface area contributed by atoms with E-state index in [-0.39, 0.29) is 17.2 Å². The van der Waals surface area contributed by atoms with Crippen LogP contribution in [0.5, 0.6) is 11.5 Å². The molecule has 0 amide bonds. The van der Waals surface area contributed by atoms with Crippen molar-refractivity contribution in [2.24, 2.45) is 0 Å². The molecule has 0 spiro atoms. The maximum Gasteiger partial charge on any atom is 0.339 e. The third-order valence-corrected chi connectivity index (χ3v) is 3.60. The van der Waals surface area contributed by atoms with E-state index < -0.39 is 5.97 Å². The molecule has 102 valence electrons. The van der Waals surface area contributed by atoms with E-state index in [1.54, 1.807) is 0 Å². The van der Waals surface area contributed by atoms with Crippen LogP contribution in [0.15, 0.2) is 42.5 Å². The van der Waals surface area contributed by atoms with Gasteiger partial charge in [0, 0.05) is 17.5 Å². The number of phenols is 1. The summed E-state index contributed by atoms with van der Waals surface area (Å²) in [6.07, 6.45) is 0.793. The van der Waals surface area contributed by atoms with Crippen LogP contribution >= 0.6 is 0 Å². The third-order valence-electron chi connectivity index (χ3n) is 3.60. The number of aromatic carboxylic acids is 1. The second-order valence-corrected chi connectivity index (χ2v) is 4.81. The smallest absolute Gasteiger partial charge is 0.339 e. The van der Waals surface area contributed by atoms with Crippen LogP contribution in [-0.2, 0) is 0 Å². The Morgan fingerprint density at radius 3 is 2.65 bits per heavy atom. The van der Waals surface area contributed by atoms with E-state index in [1.807, 2.05) is 30.3 Å². The van der Waals surface area contributed by atoms with Crippen LogP contribution in [0.3, 0.4) is 0 Å². The molecule has 0 saturated carbocycles. The number of carboxylic acid groups (broad SMARTS) is 1. The molecular formula is C16H14O4. The molecule has 2 N–H and O–H groups in total. The van der Waals surface area contributed by atoms with Crippen LogP contribution in [-0.4, -0.2) is 22.8 Å². The molecule has 4 nitrogen and oxygen atoms in total. The lowest BCUT2D eigenvalue weighted by Gasteiger charge is -2.27. The Morgan fingerprint density at radius 2 is 1.95 bits per heavy atom. The topological polar surface area (TPSA) is 66.8 Å². The number of carboxylic acids is 1. The maximum atomic E-state index is 11.1. The van der Waals surface area contributed by atoms with Crippen molar-refractivity contribution in [3.05, 3.63) is 59.2 Å². The SMILES string of the molecule is O=C(O)c1cc2c(cc1O)OCCC2c1ccccc1. The molecule has 2 aromatic carbocycles. The van der Waals surface area contributed by atoms with Gasteiger partial charge in [-0.15, -0.1) is 0 Å². The minimum Gasteiger partial charge on any atom is -0.507 e. The van der Waals surface area contributed by atoms with Crippen LogP contribution < -0.4 is 4.74 Å². The summed E-state index contributed by atoms with van der Waals surface area (Å²) in [4.78, 5) is 11.1. The molecule has 1 aliphatic heterocycles. The van der Waals surface area contributed by atoms with Crippen LogP contribution in [0.1, 0.15) is 33.8 Å². The van der Waals surface area contributed by atoms with Gasteiger partial charge in [-0.25, -0.2) is 4.79 Å². The highest BCUT2D eigenvalue weighted by molar-refractivity contribution is 5.91. The number of fused-ring (bicyclic) bond motifs is 1. The van der Waals surface area contributed by atoms with Crippen molar-refractivity contribution in [3.63, 3.8) is 0 Å². The summed E-state index contributed by atoms with van der Waals surface area (Å²) in [5.74, 6) is -0.737. The van der Waals surface area contributed by atoms with Gasteiger partial charge in [-0.3, -0.25) is 0 Å². The summed E-state index contributed by atoms with van der Waals surface area (Å²) in [6.45, 7) is 0.554. The first-order chi connectivity index (χ1) is 9.66. The number of benzene rings is 2. The van der Waals surface area contributed by atoms with Gasteiger partial charge in [0.05, 0.1) is 6.61 Å². The van der Waals surface area contributed by atoms with Crippen molar-refractivity contribution in [2.75, 3.05) is 6.61 Å². The highest BCUT2D eigenvalue weighted by Gasteiger charge is 2.26. The minimum atomic E-state index is -1.14. The first kappa shape index (κ1) is 12.5. The largest absolute Gasteiger partial charge is 0.507 e. The number of ether oxygens (including phenoxy) is 1. The molecule has 0 bridgehead atoms. The van der Waals surface area contributed by atoms with Crippen molar-refractivity contribution >= 4 is 5.97 Å². The Bertz CT molecular complexity index is 649. The summed E-state index contributed by atoms with van der Waals surface area (Å²) in [6, 6.07) is 12.8. The number of aromatic hydroxyl groups is 1. The molecule has 1 unspecified atom stereocenters. The van der Waals surface area contributed by atoms with Gasteiger partial charge in [0.15, 0.2) is 0 Å². The fourth-order valence-corrected chi connectivity index (χ4v) is 2.63. The van der Waals surface area contributed by atoms with Crippen LogP contribution in [0.2, 0.25) is 0 Å². The highest BCUT2D eigenvalue weighted by Crippen LogP contribution is 2.41. The molecule has 0 saturated heterocycles. The molecule has 2 aromatic rings. The molecule has 0 aromatic heterocycles. The Kier molecular flexibility index (Phi) is 3.06. The van der Waals surface area contributed by atoms with E-state index in [1.165, 1.54) is 12.1 Å². The molecule has 1 atom stereocenters. The molecule has 1 heterocycles. The number of rotatable bonds is 2. The quantitative estimate of drug-likeness (QED) is 0.880. The van der Waals surface area contributed by atoms with E-state index in [9.17, 15) is 9.90 Å². The van der Waals surface area contributed by atoms with Gasteiger partial charge in [-0.2, -0.15) is 0 Å². The first-order valence-corrected chi connectivity index (χ1v) is 6.45. The molecule has 0 fully saturated rings. The van der Waals surface area contributed by atoms with E-state index >= 15 is 0 Å². The molecule has 0 aliphatic carbocycles. The van der Waals surface area contributed by atoms with Crippen LogP contribution in [0.25, 0.3) is 0 Å². The molecule has 4 heteroatoms. The van der Waals surface area contributed by atoms with Gasteiger partial charge in [-0.05, 0) is 18.1 Å². The van der Waals surface area contributed by atoms with Gasteiger partial charge >= 0.3 is 5.97 Å². The predicted octanol–water partition coefficient (Wildman–Crippen LogP) is 3.00. The van der Waals surface area contributed by atoms with E-state index in [0.717, 1.165) is 17.5 Å². The van der Waals surface area contributed by atoms with Gasteiger partial charge in [0.25, 0.3) is 0 Å². The summed E-state index contributed by atoms with van der Waals surface area (Å²) >= 11 is 0. The third kappa shape index (κ3) is 2.09. The Balaban J connectivity index is 2.12. The molecule has 1 aliphatic rings. The van der Waals surface area contributed by atoms with E-state index in [4.69, 9.17) is 9.84 Å². The number of hydrogen-bond donors (Lipinski definition) is 2. The predicted molar refractivity (Wildman–Crippen MR) is 73.5 cm³/mol. The average Bonchev–Trinajstić information content (AvgIpc) is 2.46. The van der Waals surface area contributed by atoms with Crippen LogP contribution in [0.4, 0.5) is 0 Å². The average molecular weight is 270 g/mol. The van der Waals surface area contributed by atoms with Gasteiger partial charge < -0.3 is 14.9 Å². The maximum absolute atomic E-state index is 11.1. The van der Waals surface area contributed by atoms with E-state index in [0.29, 0.717) is 12.4 Å². The van der Waals surface area contributed by atoms with Crippen molar-refractivity contribution < 1.29 is 19.7 Å². The summed E-state index contributed by atoms with van der Waals surface area (Å²) in [7, 11) is 0. The Hall–Kier alpha value is -2.49. The molecular weight excluding hydrogens is 256 g/mol. The van der Waals surface area contributed by atoms with Gasteiger partial charge in [0.1, 0.15) is 17.1 Å². The molecule has 3 rings (SSSR count). The first-order valence-electron chi connectivity index (χ1n) is 6.45. The van der Waals surface area contributed by atoms with Crippen molar-refractivity contribution in [2.45, 2.75) is 12.3 Å². The fraction of sp³-hybridized carbons (Fsp3) is 0.188. The zero-order valence-corrected chi connectivity index (χ0v) is 10.7. The Labute approximate surface area is 116 Å². The van der Waals surface area contributed by atoms with Crippen LogP contribution in [0, 0.1) is 0 Å². The lowest BCUT2D eigenvalue weighted by Crippen LogP contribution is -2.16. The minimum absolute atomic E-state index is 0.0878. The molecule has 0 radical (unpaired) electrons. The summed E-state index contributed by atoms with van der Waals surface area (Å²) in [5.41, 5.74) is 1.85. The fourth-order valence-electron chi connectivity index (χ4n) is 2.63.